The van der Waals surface area contributed by atoms with Gasteiger partial charge >= 0.3 is 5.97 Å². The highest BCUT2D eigenvalue weighted by atomic mass is 16.7. The van der Waals surface area contributed by atoms with Crippen LogP contribution >= 0.6 is 0 Å². The number of benzene rings is 1. The molecule has 0 spiro atoms. The molecule has 1 aliphatic rings. The van der Waals surface area contributed by atoms with E-state index in [2.05, 4.69) is 6.07 Å². The van der Waals surface area contributed by atoms with E-state index in [9.17, 15) is 4.79 Å². The van der Waals surface area contributed by atoms with Crippen molar-refractivity contribution in [3.63, 3.8) is 0 Å². The van der Waals surface area contributed by atoms with Gasteiger partial charge in [-0.05, 0) is 6.07 Å². The van der Waals surface area contributed by atoms with Crippen LogP contribution in [-0.4, -0.2) is 11.8 Å². The molecule has 3 nitrogen and oxygen atoms in total. The van der Waals surface area contributed by atoms with Crippen molar-refractivity contribution >= 4 is 5.97 Å². The zero-order chi connectivity index (χ0) is 9.47. The molecule has 1 radical (unpaired) electrons. The highest BCUT2D eigenvalue weighted by Gasteiger charge is 2.33. The summed E-state index contributed by atoms with van der Waals surface area (Å²) in [6.07, 6.45) is 0. The Morgan fingerprint density at radius 3 is 2.92 bits per heavy atom. The molecule has 0 N–H and O–H groups in total. The summed E-state index contributed by atoms with van der Waals surface area (Å²) in [5, 5.41) is 0. The van der Waals surface area contributed by atoms with Crippen molar-refractivity contribution in [2.45, 2.75) is 19.6 Å². The molecule has 1 aromatic rings. The third-order valence-electron chi connectivity index (χ3n) is 1.72. The fourth-order valence-corrected chi connectivity index (χ4v) is 1.23. The Morgan fingerprint density at radius 1 is 1.38 bits per heavy atom. The second-order valence-electron chi connectivity index (χ2n) is 3.30. The Hall–Kier alpha value is -1.51. The number of carbonyl (C=O) groups is 1. The van der Waals surface area contributed by atoms with Gasteiger partial charge in [-0.2, -0.15) is 0 Å². The van der Waals surface area contributed by atoms with Gasteiger partial charge in [-0.3, -0.25) is 0 Å². The van der Waals surface area contributed by atoms with E-state index in [0.29, 0.717) is 11.3 Å². The van der Waals surface area contributed by atoms with E-state index < -0.39 is 5.79 Å². The molecule has 1 aliphatic heterocycles. The van der Waals surface area contributed by atoms with Crippen LogP contribution in [0.4, 0.5) is 0 Å². The van der Waals surface area contributed by atoms with Gasteiger partial charge in [0, 0.05) is 19.9 Å². The second-order valence-corrected chi connectivity index (χ2v) is 3.30. The minimum Gasteiger partial charge on any atom is -0.452 e. The van der Waals surface area contributed by atoms with Gasteiger partial charge < -0.3 is 9.47 Å². The molecule has 2 rings (SSSR count). The fourth-order valence-electron chi connectivity index (χ4n) is 1.23. The lowest BCUT2D eigenvalue weighted by Crippen LogP contribution is -2.38. The van der Waals surface area contributed by atoms with E-state index in [1.54, 1.807) is 32.0 Å². The molecule has 1 heterocycles. The number of hydrogen-bond donors (Lipinski definition) is 0. The first-order chi connectivity index (χ1) is 6.08. The minimum atomic E-state index is -0.876. The summed E-state index contributed by atoms with van der Waals surface area (Å²) in [6, 6.07) is 7.93. The summed E-state index contributed by atoms with van der Waals surface area (Å²) in [7, 11) is 0. The summed E-state index contributed by atoms with van der Waals surface area (Å²) in [5.74, 6) is -0.727. The molecule has 0 fully saturated rings. The van der Waals surface area contributed by atoms with Crippen molar-refractivity contribution in [3.8, 4) is 5.75 Å². The highest BCUT2D eigenvalue weighted by molar-refractivity contribution is 5.93. The lowest BCUT2D eigenvalue weighted by molar-refractivity contribution is -0.127. The molecular formula is C10H9O3. The maximum atomic E-state index is 11.4. The lowest BCUT2D eigenvalue weighted by Gasteiger charge is -2.31. The van der Waals surface area contributed by atoms with Crippen LogP contribution in [0.1, 0.15) is 24.2 Å². The summed E-state index contributed by atoms with van der Waals surface area (Å²) < 4.78 is 10.4. The van der Waals surface area contributed by atoms with E-state index in [4.69, 9.17) is 9.47 Å². The highest BCUT2D eigenvalue weighted by Crippen LogP contribution is 2.29. The molecule has 0 aliphatic carbocycles. The van der Waals surface area contributed by atoms with Crippen LogP contribution in [0.5, 0.6) is 5.75 Å². The average Bonchev–Trinajstić information content (AvgIpc) is 2.02. The molecule has 3 heteroatoms. The number of ether oxygens (including phenoxy) is 2. The molecule has 67 valence electrons. The maximum Gasteiger partial charge on any atom is 0.345 e. The molecule has 0 atom stereocenters. The van der Waals surface area contributed by atoms with Crippen LogP contribution < -0.4 is 4.74 Å². The van der Waals surface area contributed by atoms with Crippen LogP contribution in [0.25, 0.3) is 0 Å². The van der Waals surface area contributed by atoms with Crippen LogP contribution in [0.2, 0.25) is 0 Å². The van der Waals surface area contributed by atoms with Gasteiger partial charge in [0.05, 0.1) is 0 Å². The summed E-state index contributed by atoms with van der Waals surface area (Å²) in [4.78, 5) is 11.4. The van der Waals surface area contributed by atoms with Crippen LogP contribution in [0, 0.1) is 6.07 Å². The molecule has 0 bridgehead atoms. The zero-order valence-electron chi connectivity index (χ0n) is 7.46. The molecule has 1 aromatic carbocycles. The van der Waals surface area contributed by atoms with Crippen molar-refractivity contribution in [2.75, 3.05) is 0 Å². The number of esters is 1. The van der Waals surface area contributed by atoms with Gasteiger partial charge in [-0.15, -0.1) is 0 Å². The van der Waals surface area contributed by atoms with Gasteiger partial charge in [0.25, 0.3) is 0 Å². The topological polar surface area (TPSA) is 35.5 Å². The maximum absolute atomic E-state index is 11.4. The Morgan fingerprint density at radius 2 is 2.15 bits per heavy atom. The van der Waals surface area contributed by atoms with Crippen molar-refractivity contribution in [2.24, 2.45) is 0 Å². The van der Waals surface area contributed by atoms with Crippen molar-refractivity contribution in [1.29, 1.82) is 0 Å². The largest absolute Gasteiger partial charge is 0.452 e. The predicted octanol–water partition coefficient (Wildman–Crippen LogP) is 1.77. The van der Waals surface area contributed by atoms with E-state index in [0.717, 1.165) is 0 Å². The third kappa shape index (κ3) is 1.37. The molecule has 0 unspecified atom stereocenters. The van der Waals surface area contributed by atoms with Crippen LogP contribution in [0.3, 0.4) is 0 Å². The lowest BCUT2D eigenvalue weighted by atomic mass is 10.1. The first-order valence-corrected chi connectivity index (χ1v) is 4.01. The number of hydrogen-bond acceptors (Lipinski definition) is 3. The number of cyclic esters (lactones) is 1. The van der Waals surface area contributed by atoms with Gasteiger partial charge in [-0.25, -0.2) is 4.79 Å². The number of carbonyl (C=O) groups excluding carboxylic acids is 1. The van der Waals surface area contributed by atoms with Gasteiger partial charge in [-0.1, -0.05) is 12.1 Å². The van der Waals surface area contributed by atoms with E-state index in [-0.39, 0.29) is 5.97 Å². The van der Waals surface area contributed by atoms with E-state index in [1.807, 2.05) is 0 Å². The second kappa shape index (κ2) is 2.49. The molecule has 13 heavy (non-hydrogen) atoms. The third-order valence-corrected chi connectivity index (χ3v) is 1.72. The SMILES string of the molecule is CC1(C)OC(=O)c2[c]cccc2O1. The average molecular weight is 177 g/mol. The molecular weight excluding hydrogens is 168 g/mol. The first-order valence-electron chi connectivity index (χ1n) is 4.01. The number of rotatable bonds is 0. The van der Waals surface area contributed by atoms with Gasteiger partial charge in [0.1, 0.15) is 11.3 Å². The van der Waals surface area contributed by atoms with Crippen LogP contribution in [-0.2, 0) is 4.74 Å². The monoisotopic (exact) mass is 177 g/mol. The van der Waals surface area contributed by atoms with E-state index in [1.165, 1.54) is 0 Å². The summed E-state index contributed by atoms with van der Waals surface area (Å²) in [6.45, 7) is 3.39. The normalized spacial score (nSPS) is 18.5. The smallest absolute Gasteiger partial charge is 0.345 e. The summed E-state index contributed by atoms with van der Waals surface area (Å²) >= 11 is 0. The molecule has 0 amide bonds. The Bertz CT molecular complexity index is 355. The molecule has 0 aromatic heterocycles. The van der Waals surface area contributed by atoms with E-state index >= 15 is 0 Å². The van der Waals surface area contributed by atoms with Crippen LogP contribution in [0.15, 0.2) is 18.2 Å². The predicted molar refractivity (Wildman–Crippen MR) is 45.4 cm³/mol. The first kappa shape index (κ1) is 8.10. The van der Waals surface area contributed by atoms with Gasteiger partial charge in [0.15, 0.2) is 0 Å². The molecule has 0 saturated heterocycles. The zero-order valence-corrected chi connectivity index (χ0v) is 7.46. The van der Waals surface area contributed by atoms with Gasteiger partial charge in [0.2, 0.25) is 5.79 Å². The van der Waals surface area contributed by atoms with Crippen molar-refractivity contribution < 1.29 is 14.3 Å². The van der Waals surface area contributed by atoms with Crippen molar-refractivity contribution in [1.82, 2.24) is 0 Å². The Labute approximate surface area is 76.3 Å². The fraction of sp³-hybridized carbons (Fsp3) is 0.300. The molecule has 0 saturated carbocycles. The van der Waals surface area contributed by atoms with Crippen molar-refractivity contribution in [3.05, 3.63) is 29.8 Å². The standard InChI is InChI=1S/C10H9O3/c1-10(2)12-8-6-4-3-5-7(8)9(11)13-10/h3-4,6H,1-2H3. The quantitative estimate of drug-likeness (QED) is 0.566. The Balaban J connectivity index is 2.49. The Kier molecular flexibility index (Phi) is 1.55. The number of fused-ring (bicyclic) bond motifs is 1. The summed E-state index contributed by atoms with van der Waals surface area (Å²) in [5.41, 5.74) is 0.363. The minimum absolute atomic E-state index is 0.363.